The van der Waals surface area contributed by atoms with E-state index in [1.165, 1.54) is 0 Å². The van der Waals surface area contributed by atoms with Gasteiger partial charge in [-0.1, -0.05) is 0 Å². The Morgan fingerprint density at radius 2 is 2.37 bits per heavy atom. The van der Waals surface area contributed by atoms with E-state index in [0.29, 0.717) is 25.4 Å². The van der Waals surface area contributed by atoms with E-state index >= 15 is 0 Å². The predicted molar refractivity (Wildman–Crippen MR) is 69.9 cm³/mol. The topological polar surface area (TPSA) is 56.6 Å². The molecule has 1 aromatic rings. The number of aromatic nitrogens is 2. The summed E-state index contributed by atoms with van der Waals surface area (Å²) in [6.45, 7) is 5.53. The number of ether oxygens (including phenoxy) is 2. The molecule has 1 amide bonds. The third-order valence-corrected chi connectivity index (χ3v) is 3.05. The highest BCUT2D eigenvalue weighted by Gasteiger charge is 2.36. The van der Waals surface area contributed by atoms with Crippen LogP contribution in [0.1, 0.15) is 24.3 Å². The molecule has 1 aliphatic heterocycles. The molecule has 1 atom stereocenters. The Morgan fingerprint density at radius 3 is 2.95 bits per heavy atom. The Morgan fingerprint density at radius 1 is 1.63 bits per heavy atom. The lowest BCUT2D eigenvalue weighted by atomic mass is 10.0. The van der Waals surface area contributed by atoms with E-state index in [-0.39, 0.29) is 17.6 Å². The van der Waals surface area contributed by atoms with E-state index in [4.69, 9.17) is 9.47 Å². The first-order chi connectivity index (χ1) is 8.91. The van der Waals surface area contributed by atoms with Gasteiger partial charge < -0.3 is 18.9 Å². The molecule has 1 saturated heterocycles. The van der Waals surface area contributed by atoms with Crippen LogP contribution in [0.25, 0.3) is 0 Å². The summed E-state index contributed by atoms with van der Waals surface area (Å²) in [4.78, 5) is 18.3. The first kappa shape index (κ1) is 14.0. The Labute approximate surface area is 113 Å². The van der Waals surface area contributed by atoms with E-state index in [9.17, 15) is 4.79 Å². The third kappa shape index (κ3) is 3.33. The molecule has 1 fully saturated rings. The van der Waals surface area contributed by atoms with Gasteiger partial charge in [0, 0.05) is 33.4 Å². The van der Waals surface area contributed by atoms with Gasteiger partial charge in [-0.05, 0) is 13.8 Å². The molecule has 1 aliphatic rings. The Hall–Kier alpha value is -1.40. The summed E-state index contributed by atoms with van der Waals surface area (Å²) in [5.41, 5.74) is 0.0997. The summed E-state index contributed by atoms with van der Waals surface area (Å²) in [6.07, 6.45) is 3.27. The summed E-state index contributed by atoms with van der Waals surface area (Å²) in [7, 11) is 3.48. The number of hydrogen-bond acceptors (Lipinski definition) is 4. The van der Waals surface area contributed by atoms with Gasteiger partial charge in [-0.15, -0.1) is 0 Å². The fourth-order valence-electron chi connectivity index (χ4n) is 2.41. The van der Waals surface area contributed by atoms with Crippen LogP contribution in [-0.2, 0) is 16.5 Å². The minimum Gasteiger partial charge on any atom is -0.382 e. The standard InChI is InChI=1S/C13H21N3O3/c1-13(2)8-16(5-10(19-13)7-18-4)12(17)11-6-15(3)9-14-11/h6,9-10H,5,7-8H2,1-4H3. The van der Waals surface area contributed by atoms with Crippen LogP contribution >= 0.6 is 0 Å². The first-order valence-corrected chi connectivity index (χ1v) is 6.35. The second-order valence-corrected chi connectivity index (χ2v) is 5.56. The molecule has 0 aromatic carbocycles. The van der Waals surface area contributed by atoms with Crippen LogP contribution in [0, 0.1) is 0 Å². The smallest absolute Gasteiger partial charge is 0.274 e. The Kier molecular flexibility index (Phi) is 3.91. The Bertz CT molecular complexity index is 456. The monoisotopic (exact) mass is 267 g/mol. The van der Waals surface area contributed by atoms with Crippen LogP contribution < -0.4 is 0 Å². The molecule has 106 valence electrons. The van der Waals surface area contributed by atoms with Gasteiger partial charge in [0.25, 0.3) is 5.91 Å². The maximum atomic E-state index is 12.4. The molecule has 1 unspecified atom stereocenters. The van der Waals surface area contributed by atoms with E-state index in [1.807, 2.05) is 20.9 Å². The minimum atomic E-state index is -0.369. The average Bonchev–Trinajstić information content (AvgIpc) is 2.73. The average molecular weight is 267 g/mol. The van der Waals surface area contributed by atoms with Gasteiger partial charge in [-0.2, -0.15) is 0 Å². The van der Waals surface area contributed by atoms with Crippen molar-refractivity contribution in [2.24, 2.45) is 7.05 Å². The fraction of sp³-hybridized carbons (Fsp3) is 0.692. The van der Waals surface area contributed by atoms with Gasteiger partial charge in [0.1, 0.15) is 5.69 Å². The molecule has 1 aromatic heterocycles. The van der Waals surface area contributed by atoms with Gasteiger partial charge in [0.15, 0.2) is 0 Å². The minimum absolute atomic E-state index is 0.0573. The molecule has 0 aliphatic carbocycles. The lowest BCUT2D eigenvalue weighted by molar-refractivity contribution is -0.143. The van der Waals surface area contributed by atoms with Crippen molar-refractivity contribution in [1.82, 2.24) is 14.5 Å². The quantitative estimate of drug-likeness (QED) is 0.808. The number of aryl methyl sites for hydroxylation is 1. The summed E-state index contributed by atoms with van der Waals surface area (Å²) in [5, 5.41) is 0. The molecular formula is C13H21N3O3. The zero-order valence-corrected chi connectivity index (χ0v) is 11.9. The van der Waals surface area contributed by atoms with Crippen molar-refractivity contribution in [3.05, 3.63) is 18.2 Å². The number of methoxy groups -OCH3 is 1. The van der Waals surface area contributed by atoms with E-state index in [1.54, 1.807) is 29.1 Å². The van der Waals surface area contributed by atoms with Crippen molar-refractivity contribution in [2.75, 3.05) is 26.8 Å². The van der Waals surface area contributed by atoms with Gasteiger partial charge in [-0.3, -0.25) is 4.79 Å². The van der Waals surface area contributed by atoms with Gasteiger partial charge in [-0.25, -0.2) is 4.98 Å². The van der Waals surface area contributed by atoms with E-state index < -0.39 is 0 Å². The lowest BCUT2D eigenvalue weighted by Crippen LogP contribution is -2.55. The summed E-state index contributed by atoms with van der Waals surface area (Å²) >= 11 is 0. The molecule has 2 rings (SSSR count). The summed E-state index contributed by atoms with van der Waals surface area (Å²) in [6, 6.07) is 0. The van der Waals surface area contributed by atoms with E-state index in [0.717, 1.165) is 0 Å². The zero-order chi connectivity index (χ0) is 14.0. The predicted octanol–water partition coefficient (Wildman–Crippen LogP) is 0.686. The van der Waals surface area contributed by atoms with Crippen LogP contribution in [0.5, 0.6) is 0 Å². The van der Waals surface area contributed by atoms with Crippen LogP contribution in [0.3, 0.4) is 0 Å². The Balaban J connectivity index is 2.12. The highest BCUT2D eigenvalue weighted by atomic mass is 16.5. The molecule has 19 heavy (non-hydrogen) atoms. The van der Waals surface area contributed by atoms with Crippen LogP contribution in [0.15, 0.2) is 12.5 Å². The number of morpholine rings is 1. The maximum absolute atomic E-state index is 12.4. The van der Waals surface area contributed by atoms with Crippen molar-refractivity contribution >= 4 is 5.91 Å². The number of imidazole rings is 1. The maximum Gasteiger partial charge on any atom is 0.274 e. The van der Waals surface area contributed by atoms with Crippen molar-refractivity contribution in [2.45, 2.75) is 25.6 Å². The summed E-state index contributed by atoms with van der Waals surface area (Å²) in [5.74, 6) is -0.0573. The highest BCUT2D eigenvalue weighted by Crippen LogP contribution is 2.22. The molecule has 0 saturated carbocycles. The normalized spacial score (nSPS) is 22.5. The first-order valence-electron chi connectivity index (χ1n) is 6.35. The van der Waals surface area contributed by atoms with Crippen molar-refractivity contribution in [3.63, 3.8) is 0 Å². The molecule has 2 heterocycles. The number of rotatable bonds is 3. The third-order valence-electron chi connectivity index (χ3n) is 3.05. The van der Waals surface area contributed by atoms with E-state index in [2.05, 4.69) is 4.98 Å². The van der Waals surface area contributed by atoms with Gasteiger partial charge in [0.2, 0.25) is 0 Å². The molecule has 0 radical (unpaired) electrons. The van der Waals surface area contributed by atoms with Crippen molar-refractivity contribution in [3.8, 4) is 0 Å². The largest absolute Gasteiger partial charge is 0.382 e. The van der Waals surface area contributed by atoms with Crippen LogP contribution in [0.2, 0.25) is 0 Å². The molecule has 0 N–H and O–H groups in total. The second kappa shape index (κ2) is 5.30. The molecule has 6 nitrogen and oxygen atoms in total. The van der Waals surface area contributed by atoms with Crippen molar-refractivity contribution < 1.29 is 14.3 Å². The molecule has 0 bridgehead atoms. The molecular weight excluding hydrogens is 246 g/mol. The van der Waals surface area contributed by atoms with Crippen molar-refractivity contribution in [1.29, 1.82) is 0 Å². The number of amides is 1. The van der Waals surface area contributed by atoms with Crippen LogP contribution in [0.4, 0.5) is 0 Å². The second-order valence-electron chi connectivity index (χ2n) is 5.56. The number of hydrogen-bond donors (Lipinski definition) is 0. The van der Waals surface area contributed by atoms with Gasteiger partial charge in [0.05, 0.1) is 24.6 Å². The lowest BCUT2D eigenvalue weighted by Gasteiger charge is -2.42. The van der Waals surface area contributed by atoms with Gasteiger partial charge >= 0.3 is 0 Å². The number of carbonyl (C=O) groups excluding carboxylic acids is 1. The molecule has 0 spiro atoms. The summed E-state index contributed by atoms with van der Waals surface area (Å²) < 4.78 is 12.8. The van der Waals surface area contributed by atoms with Crippen LogP contribution in [-0.4, -0.2) is 58.9 Å². The number of nitrogens with zero attached hydrogens (tertiary/aromatic N) is 3. The molecule has 6 heteroatoms. The highest BCUT2D eigenvalue weighted by molar-refractivity contribution is 5.92. The zero-order valence-electron chi connectivity index (χ0n) is 11.9. The SMILES string of the molecule is COCC1CN(C(=O)c2cn(C)cn2)CC(C)(C)O1. The number of carbonyl (C=O) groups is 1. The fourth-order valence-corrected chi connectivity index (χ4v) is 2.41.